The summed E-state index contributed by atoms with van der Waals surface area (Å²) in [5, 5.41) is 6.60. The summed E-state index contributed by atoms with van der Waals surface area (Å²) in [6.07, 6.45) is 0. The molecule has 0 aliphatic carbocycles. The molecule has 0 radical (unpaired) electrons. The second-order valence-corrected chi connectivity index (χ2v) is 19.1. The largest absolute Gasteiger partial charge is 0.456 e. The number of para-hydroxylation sites is 2. The summed E-state index contributed by atoms with van der Waals surface area (Å²) >= 11 is 0. The molecule has 15 rings (SSSR count). The van der Waals surface area contributed by atoms with Crippen molar-refractivity contribution in [3.05, 3.63) is 261 Å². The molecule has 4 aromatic heterocycles. The average molecular weight is 958 g/mol. The Morgan fingerprint density at radius 2 is 0.747 bits per heavy atom. The van der Waals surface area contributed by atoms with Crippen LogP contribution < -0.4 is 0 Å². The van der Waals surface area contributed by atoms with E-state index in [1.807, 2.05) is 12.1 Å². The van der Waals surface area contributed by atoms with Crippen LogP contribution in [-0.4, -0.2) is 24.1 Å². The topological polar surface area (TPSA) is 61.7 Å². The first-order valence-electron chi connectivity index (χ1n) is 25.3. The molecule has 6 heteroatoms. The zero-order chi connectivity index (χ0) is 49.4. The standard InChI is InChI=1S/C69H43N5O/c1-5-18-44(19-6-1)47-32-35-53(36-33-47)73-60-29-15-13-26-55(60)57-38-39-58-56-27-14-16-30-61(56)74(66(58)65(57)73)69-71-67(49-34-37-59-63(43-49)75-62-31-17-28-54(64(59)62)48-24-11-4-12-25-48)70-68(72-69)52-41-50(45-20-7-2-8-21-45)40-51(42-52)46-22-9-3-10-23-46/h1-43H. The second kappa shape index (κ2) is 17.3. The van der Waals surface area contributed by atoms with Crippen LogP contribution in [0.5, 0.6) is 0 Å². The van der Waals surface area contributed by atoms with Crippen LogP contribution in [0, 0.1) is 0 Å². The van der Waals surface area contributed by atoms with Crippen LogP contribution in [0.3, 0.4) is 0 Å². The first-order valence-corrected chi connectivity index (χ1v) is 25.3. The van der Waals surface area contributed by atoms with Gasteiger partial charge in [0.2, 0.25) is 5.95 Å². The Balaban J connectivity index is 1.02. The minimum absolute atomic E-state index is 0.507. The lowest BCUT2D eigenvalue weighted by Crippen LogP contribution is -2.07. The number of furan rings is 1. The van der Waals surface area contributed by atoms with Crippen LogP contribution in [0.25, 0.3) is 144 Å². The number of hydrogen-bond acceptors (Lipinski definition) is 4. The molecule has 4 heterocycles. The summed E-state index contributed by atoms with van der Waals surface area (Å²) in [6.45, 7) is 0. The van der Waals surface area contributed by atoms with Gasteiger partial charge >= 0.3 is 0 Å². The number of benzene rings is 11. The lowest BCUT2D eigenvalue weighted by molar-refractivity contribution is 0.669. The molecule has 0 N–H and O–H groups in total. The summed E-state index contributed by atoms with van der Waals surface area (Å²) in [7, 11) is 0. The molecular formula is C69H43N5O. The fourth-order valence-electron chi connectivity index (χ4n) is 11.3. The third-order valence-electron chi connectivity index (χ3n) is 14.8. The molecule has 11 aromatic carbocycles. The minimum atomic E-state index is 0.507. The molecule has 0 atom stereocenters. The SMILES string of the molecule is c1ccc(-c2ccc(-n3c4ccccc4c4ccc5c6ccccc6n(-c6nc(-c7cc(-c8ccccc8)cc(-c8ccccc8)c7)nc(-c7ccc8c(c7)oc7cccc(-c9ccccc9)c78)n6)c5c43)cc2)cc1. The van der Waals surface area contributed by atoms with Crippen molar-refractivity contribution in [1.82, 2.24) is 24.1 Å². The highest BCUT2D eigenvalue weighted by atomic mass is 16.3. The average Bonchev–Trinajstić information content (AvgIpc) is 4.25. The van der Waals surface area contributed by atoms with Crippen molar-refractivity contribution in [1.29, 1.82) is 0 Å². The van der Waals surface area contributed by atoms with Gasteiger partial charge in [-0.3, -0.25) is 4.57 Å². The lowest BCUT2D eigenvalue weighted by atomic mass is 9.96. The van der Waals surface area contributed by atoms with E-state index in [9.17, 15) is 0 Å². The summed E-state index contributed by atoms with van der Waals surface area (Å²) in [5.74, 6) is 1.59. The van der Waals surface area contributed by atoms with Crippen LogP contribution in [0.4, 0.5) is 0 Å². The Hall–Kier alpha value is -10.2. The van der Waals surface area contributed by atoms with E-state index in [0.717, 1.165) is 121 Å². The first kappa shape index (κ1) is 42.5. The van der Waals surface area contributed by atoms with E-state index in [1.54, 1.807) is 0 Å². The van der Waals surface area contributed by atoms with Crippen molar-refractivity contribution in [2.45, 2.75) is 0 Å². The quantitative estimate of drug-likeness (QED) is 0.152. The predicted octanol–water partition coefficient (Wildman–Crippen LogP) is 18.0. The first-order chi connectivity index (χ1) is 37.2. The minimum Gasteiger partial charge on any atom is -0.456 e. The summed E-state index contributed by atoms with van der Waals surface area (Å²) < 4.78 is 11.4. The Labute approximate surface area is 431 Å². The van der Waals surface area contributed by atoms with Gasteiger partial charge in [0.15, 0.2) is 11.6 Å². The van der Waals surface area contributed by atoms with Gasteiger partial charge in [-0.15, -0.1) is 0 Å². The summed E-state index contributed by atoms with van der Waals surface area (Å²) in [5.41, 5.74) is 17.4. The van der Waals surface area contributed by atoms with Crippen molar-refractivity contribution >= 4 is 65.6 Å². The number of nitrogens with zero attached hydrogens (tertiary/aromatic N) is 5. The Morgan fingerprint density at radius 1 is 0.280 bits per heavy atom. The smallest absolute Gasteiger partial charge is 0.238 e. The fourth-order valence-corrected chi connectivity index (χ4v) is 11.3. The van der Waals surface area contributed by atoms with Crippen molar-refractivity contribution in [3.8, 4) is 78.9 Å². The molecule has 0 unspecified atom stereocenters. The van der Waals surface area contributed by atoms with Crippen LogP contribution in [0.1, 0.15) is 0 Å². The normalized spacial score (nSPS) is 11.7. The van der Waals surface area contributed by atoms with Gasteiger partial charge in [0.25, 0.3) is 0 Å². The van der Waals surface area contributed by atoms with Gasteiger partial charge < -0.3 is 8.98 Å². The molecule has 0 saturated carbocycles. The molecule has 15 aromatic rings. The number of aromatic nitrogens is 5. The van der Waals surface area contributed by atoms with E-state index >= 15 is 0 Å². The molecule has 350 valence electrons. The molecule has 0 bridgehead atoms. The van der Waals surface area contributed by atoms with Gasteiger partial charge in [-0.05, 0) is 105 Å². The van der Waals surface area contributed by atoms with E-state index in [2.05, 4.69) is 258 Å². The monoisotopic (exact) mass is 957 g/mol. The fraction of sp³-hybridized carbons (Fsp3) is 0. The molecule has 0 aliphatic heterocycles. The van der Waals surface area contributed by atoms with Crippen LogP contribution >= 0.6 is 0 Å². The third-order valence-corrected chi connectivity index (χ3v) is 14.8. The molecule has 0 amide bonds. The molecule has 0 fully saturated rings. The highest BCUT2D eigenvalue weighted by Crippen LogP contribution is 2.43. The zero-order valence-electron chi connectivity index (χ0n) is 40.5. The maximum absolute atomic E-state index is 6.72. The van der Waals surface area contributed by atoms with E-state index in [1.165, 1.54) is 5.56 Å². The number of hydrogen-bond donors (Lipinski definition) is 0. The van der Waals surface area contributed by atoms with Crippen molar-refractivity contribution in [2.75, 3.05) is 0 Å². The number of fused-ring (bicyclic) bond motifs is 10. The van der Waals surface area contributed by atoms with E-state index in [-0.39, 0.29) is 0 Å². The van der Waals surface area contributed by atoms with Gasteiger partial charge in [0.1, 0.15) is 11.2 Å². The van der Waals surface area contributed by atoms with Crippen molar-refractivity contribution < 1.29 is 4.42 Å². The van der Waals surface area contributed by atoms with Gasteiger partial charge in [0.05, 0.1) is 22.1 Å². The lowest BCUT2D eigenvalue weighted by Gasteiger charge is -2.15. The molecule has 75 heavy (non-hydrogen) atoms. The highest BCUT2D eigenvalue weighted by molar-refractivity contribution is 6.24. The van der Waals surface area contributed by atoms with Gasteiger partial charge in [-0.25, -0.2) is 4.98 Å². The molecular weight excluding hydrogens is 915 g/mol. The molecule has 0 spiro atoms. The van der Waals surface area contributed by atoms with E-state index < -0.39 is 0 Å². The molecule has 0 aliphatic rings. The second-order valence-electron chi connectivity index (χ2n) is 19.1. The van der Waals surface area contributed by atoms with E-state index in [4.69, 9.17) is 19.4 Å². The maximum Gasteiger partial charge on any atom is 0.238 e. The maximum atomic E-state index is 6.72. The van der Waals surface area contributed by atoms with Crippen LogP contribution in [-0.2, 0) is 0 Å². The van der Waals surface area contributed by atoms with Crippen LogP contribution in [0.2, 0.25) is 0 Å². The Bertz CT molecular complexity index is 4620. The van der Waals surface area contributed by atoms with Crippen molar-refractivity contribution in [2.24, 2.45) is 0 Å². The Kier molecular flexibility index (Phi) is 9.78. The Morgan fingerprint density at radius 3 is 1.36 bits per heavy atom. The number of rotatable bonds is 8. The van der Waals surface area contributed by atoms with E-state index in [0.29, 0.717) is 17.6 Å². The third kappa shape index (κ3) is 7.07. The van der Waals surface area contributed by atoms with Crippen LogP contribution in [0.15, 0.2) is 265 Å². The van der Waals surface area contributed by atoms with Gasteiger partial charge in [-0.1, -0.05) is 200 Å². The van der Waals surface area contributed by atoms with Crippen molar-refractivity contribution in [3.63, 3.8) is 0 Å². The summed E-state index contributed by atoms with van der Waals surface area (Å²) in [6, 6.07) is 92.2. The molecule has 0 saturated heterocycles. The predicted molar refractivity (Wildman–Crippen MR) is 308 cm³/mol. The van der Waals surface area contributed by atoms with Gasteiger partial charge in [0, 0.05) is 49.1 Å². The van der Waals surface area contributed by atoms with Gasteiger partial charge in [-0.2, -0.15) is 9.97 Å². The summed E-state index contributed by atoms with van der Waals surface area (Å²) in [4.78, 5) is 16.6. The zero-order valence-corrected chi connectivity index (χ0v) is 40.5. The molecule has 6 nitrogen and oxygen atoms in total. The highest BCUT2D eigenvalue weighted by Gasteiger charge is 2.25.